The number of hydrogen-bond acceptors (Lipinski definition) is 4. The van der Waals surface area contributed by atoms with Crippen LogP contribution in [0.3, 0.4) is 0 Å². The Morgan fingerprint density at radius 3 is 2.73 bits per heavy atom. The molecule has 1 aromatic carbocycles. The van der Waals surface area contributed by atoms with Crippen molar-refractivity contribution in [1.29, 1.82) is 0 Å². The Balaban J connectivity index is 1.52. The summed E-state index contributed by atoms with van der Waals surface area (Å²) in [4.78, 5) is 39.5. The predicted octanol–water partition coefficient (Wildman–Crippen LogP) is 1.22. The second-order valence-corrected chi connectivity index (χ2v) is 8.30. The molecular weight excluding hydrogens is 384 g/mol. The van der Waals surface area contributed by atoms with E-state index in [1.165, 1.54) is 4.68 Å². The summed E-state index contributed by atoms with van der Waals surface area (Å²) in [7, 11) is 0. The zero-order chi connectivity index (χ0) is 21.3. The molecule has 0 bridgehead atoms. The second-order valence-electron chi connectivity index (χ2n) is 8.30. The number of aromatic nitrogens is 2. The zero-order valence-corrected chi connectivity index (χ0v) is 17.2. The smallest absolute Gasteiger partial charge is 0.271 e. The number of aliphatic hydroxyl groups is 1. The summed E-state index contributed by atoms with van der Waals surface area (Å²) in [5.74, 6) is -0.334. The highest BCUT2D eigenvalue weighted by molar-refractivity contribution is 5.95. The molecule has 0 saturated carbocycles. The number of nitrogens with one attached hydrogen (secondary N) is 2. The standard InChI is InChI=1S/C22H28N4O4/c1-2-4-16-13-19(28)26(24-16)17-7-5-15(6-8-17)20(29)25-12-9-18(27)22(14-25)10-3-11-23-21(22)30/h5-8,13,18,24,27H,2-4,9-12,14H2,1H3,(H,23,30)/t18-,22-/m1/s1. The van der Waals surface area contributed by atoms with E-state index in [1.54, 1.807) is 35.2 Å². The minimum absolute atomic E-state index is 0.132. The number of carbonyl (C=O) groups is 2. The Morgan fingerprint density at radius 2 is 2.03 bits per heavy atom. The fourth-order valence-electron chi connectivity index (χ4n) is 4.59. The van der Waals surface area contributed by atoms with Crippen LogP contribution >= 0.6 is 0 Å². The highest BCUT2D eigenvalue weighted by atomic mass is 16.3. The van der Waals surface area contributed by atoms with E-state index < -0.39 is 11.5 Å². The predicted molar refractivity (Wildman–Crippen MR) is 112 cm³/mol. The van der Waals surface area contributed by atoms with Gasteiger partial charge in [-0.25, -0.2) is 4.68 Å². The number of H-pyrrole nitrogens is 1. The number of piperidine rings is 2. The van der Waals surface area contributed by atoms with Crippen molar-refractivity contribution in [2.75, 3.05) is 19.6 Å². The maximum Gasteiger partial charge on any atom is 0.271 e. The summed E-state index contributed by atoms with van der Waals surface area (Å²) in [6, 6.07) is 8.47. The first-order valence-corrected chi connectivity index (χ1v) is 10.6. The van der Waals surface area contributed by atoms with Crippen LogP contribution in [0.15, 0.2) is 35.1 Å². The van der Waals surface area contributed by atoms with Gasteiger partial charge in [-0.1, -0.05) is 13.3 Å². The fourth-order valence-corrected chi connectivity index (χ4v) is 4.59. The summed E-state index contributed by atoms with van der Waals surface area (Å²) in [6.45, 7) is 3.29. The molecular formula is C22H28N4O4. The Hall–Kier alpha value is -2.87. The van der Waals surface area contributed by atoms with Crippen molar-refractivity contribution in [3.63, 3.8) is 0 Å². The van der Waals surface area contributed by atoms with Crippen LogP contribution < -0.4 is 10.9 Å². The third kappa shape index (κ3) is 3.56. The van der Waals surface area contributed by atoms with Crippen molar-refractivity contribution >= 4 is 11.8 Å². The van der Waals surface area contributed by atoms with Crippen molar-refractivity contribution in [2.45, 2.75) is 45.1 Å². The molecule has 2 atom stereocenters. The summed E-state index contributed by atoms with van der Waals surface area (Å²) in [6.07, 6.45) is 2.77. The monoisotopic (exact) mass is 412 g/mol. The number of aliphatic hydroxyl groups excluding tert-OH is 1. The highest BCUT2D eigenvalue weighted by Gasteiger charge is 2.50. The SMILES string of the molecule is CCCc1cc(=O)n(-c2ccc(C(=O)N3CC[C@@H](O)[C@@]4(CCCNC4=O)C3)cc2)[nH]1. The summed E-state index contributed by atoms with van der Waals surface area (Å²) in [5, 5.41) is 16.5. The molecule has 1 aromatic heterocycles. The third-order valence-electron chi connectivity index (χ3n) is 6.27. The Kier molecular flexibility index (Phi) is 5.51. The molecule has 2 saturated heterocycles. The van der Waals surface area contributed by atoms with Crippen LogP contribution in [0.2, 0.25) is 0 Å². The first-order chi connectivity index (χ1) is 14.4. The van der Waals surface area contributed by atoms with E-state index in [-0.39, 0.29) is 23.9 Å². The molecule has 2 aliphatic rings. The van der Waals surface area contributed by atoms with E-state index in [1.807, 2.05) is 0 Å². The lowest BCUT2D eigenvalue weighted by Crippen LogP contribution is -2.62. The van der Waals surface area contributed by atoms with Crippen molar-refractivity contribution in [1.82, 2.24) is 20.0 Å². The van der Waals surface area contributed by atoms with Crippen LogP contribution in [0, 0.1) is 5.41 Å². The van der Waals surface area contributed by atoms with Crippen molar-refractivity contribution in [3.8, 4) is 5.69 Å². The minimum atomic E-state index is -0.917. The number of likely N-dealkylation sites (tertiary alicyclic amines) is 1. The first-order valence-electron chi connectivity index (χ1n) is 10.6. The Bertz CT molecular complexity index is 993. The number of nitrogens with zero attached hydrogens (tertiary/aromatic N) is 2. The van der Waals surface area contributed by atoms with Gasteiger partial charge in [0.2, 0.25) is 5.91 Å². The van der Waals surface area contributed by atoms with Crippen LogP contribution in [0.4, 0.5) is 0 Å². The van der Waals surface area contributed by atoms with Crippen LogP contribution in [0.25, 0.3) is 5.69 Å². The normalized spacial score (nSPS) is 24.1. The lowest BCUT2D eigenvalue weighted by molar-refractivity contribution is -0.147. The maximum atomic E-state index is 13.1. The van der Waals surface area contributed by atoms with Gasteiger partial charge in [-0.15, -0.1) is 0 Å². The van der Waals surface area contributed by atoms with Crippen molar-refractivity contribution in [2.24, 2.45) is 5.41 Å². The van der Waals surface area contributed by atoms with Gasteiger partial charge in [-0.05, 0) is 49.9 Å². The minimum Gasteiger partial charge on any atom is -0.392 e. The van der Waals surface area contributed by atoms with Crippen LogP contribution in [-0.4, -0.2) is 57.3 Å². The quantitative estimate of drug-likeness (QED) is 0.702. The number of hydrogen-bond donors (Lipinski definition) is 3. The molecule has 2 fully saturated rings. The molecule has 4 rings (SSSR count). The molecule has 0 radical (unpaired) electrons. The fraction of sp³-hybridized carbons (Fsp3) is 0.500. The summed E-state index contributed by atoms with van der Waals surface area (Å²) < 4.78 is 1.47. The van der Waals surface area contributed by atoms with Gasteiger partial charge in [-0.2, -0.15) is 0 Å². The van der Waals surface area contributed by atoms with Gasteiger partial charge in [0, 0.05) is 37.0 Å². The van der Waals surface area contributed by atoms with Gasteiger partial charge in [-0.3, -0.25) is 19.5 Å². The molecule has 8 heteroatoms. The van der Waals surface area contributed by atoms with Crippen LogP contribution in [0.5, 0.6) is 0 Å². The lowest BCUT2D eigenvalue weighted by Gasteiger charge is -2.46. The summed E-state index contributed by atoms with van der Waals surface area (Å²) in [5.41, 5.74) is 0.990. The van der Waals surface area contributed by atoms with E-state index in [2.05, 4.69) is 17.3 Å². The summed E-state index contributed by atoms with van der Waals surface area (Å²) >= 11 is 0. The molecule has 2 amide bonds. The number of aromatic amines is 1. The largest absolute Gasteiger partial charge is 0.392 e. The highest BCUT2D eigenvalue weighted by Crippen LogP contribution is 2.37. The molecule has 3 N–H and O–H groups in total. The molecule has 2 aliphatic heterocycles. The first kappa shape index (κ1) is 20.4. The molecule has 160 valence electrons. The van der Waals surface area contributed by atoms with E-state index >= 15 is 0 Å². The van der Waals surface area contributed by atoms with Gasteiger partial charge in [0.25, 0.3) is 11.5 Å². The number of benzene rings is 1. The topological polar surface area (TPSA) is 107 Å². The average molecular weight is 412 g/mol. The number of amides is 2. The van der Waals surface area contributed by atoms with E-state index in [9.17, 15) is 19.5 Å². The van der Waals surface area contributed by atoms with Gasteiger partial charge in [0.15, 0.2) is 0 Å². The van der Waals surface area contributed by atoms with E-state index in [0.717, 1.165) is 25.0 Å². The maximum absolute atomic E-state index is 13.1. The van der Waals surface area contributed by atoms with Crippen molar-refractivity contribution in [3.05, 3.63) is 51.9 Å². The molecule has 8 nitrogen and oxygen atoms in total. The lowest BCUT2D eigenvalue weighted by atomic mass is 9.71. The Labute approximate surface area is 174 Å². The van der Waals surface area contributed by atoms with E-state index in [0.29, 0.717) is 37.2 Å². The van der Waals surface area contributed by atoms with E-state index in [4.69, 9.17) is 0 Å². The van der Waals surface area contributed by atoms with Gasteiger partial charge in [0.05, 0.1) is 17.2 Å². The van der Waals surface area contributed by atoms with Gasteiger partial charge in [0.1, 0.15) is 0 Å². The molecule has 3 heterocycles. The van der Waals surface area contributed by atoms with Gasteiger partial charge >= 0.3 is 0 Å². The molecule has 1 spiro atoms. The zero-order valence-electron chi connectivity index (χ0n) is 17.2. The molecule has 2 aromatic rings. The number of aryl methyl sites for hydroxylation is 1. The molecule has 0 unspecified atom stereocenters. The number of carbonyl (C=O) groups excluding carboxylic acids is 2. The Morgan fingerprint density at radius 1 is 1.27 bits per heavy atom. The molecule has 30 heavy (non-hydrogen) atoms. The average Bonchev–Trinajstić information content (AvgIpc) is 3.12. The van der Waals surface area contributed by atoms with Crippen molar-refractivity contribution < 1.29 is 14.7 Å². The van der Waals surface area contributed by atoms with Crippen LogP contribution in [0.1, 0.15) is 48.7 Å². The van der Waals surface area contributed by atoms with Gasteiger partial charge < -0.3 is 15.3 Å². The number of rotatable bonds is 4. The third-order valence-corrected chi connectivity index (χ3v) is 6.27. The van der Waals surface area contributed by atoms with Crippen LogP contribution in [-0.2, 0) is 11.2 Å². The second kappa shape index (κ2) is 8.10. The molecule has 0 aliphatic carbocycles.